The maximum absolute atomic E-state index is 2.33. The standard InChI is InChI=1S/C35H26/c1-3-10-28(11-4-1)32-23-27(24-33(25-32)29-12-5-2-6-13-29)22-26-18-20-31(21-19-26)35-17-9-15-30-14-7-8-16-34(30)35/h1-21,23-25H,22H2. The highest BCUT2D eigenvalue weighted by molar-refractivity contribution is 5.96. The molecule has 6 aromatic carbocycles. The molecule has 166 valence electrons. The Morgan fingerprint density at radius 2 is 0.914 bits per heavy atom. The zero-order valence-corrected chi connectivity index (χ0v) is 19.6. The molecule has 0 heteroatoms. The van der Waals surface area contributed by atoms with Crippen LogP contribution in [0.3, 0.4) is 0 Å². The van der Waals surface area contributed by atoms with Crippen LogP contribution in [0.1, 0.15) is 11.1 Å². The number of hydrogen-bond acceptors (Lipinski definition) is 0. The van der Waals surface area contributed by atoms with Crippen molar-refractivity contribution in [2.75, 3.05) is 0 Å². The average molecular weight is 447 g/mol. The number of hydrogen-bond donors (Lipinski definition) is 0. The summed E-state index contributed by atoms with van der Waals surface area (Å²) < 4.78 is 0. The van der Waals surface area contributed by atoms with Crippen LogP contribution in [0.15, 0.2) is 146 Å². The van der Waals surface area contributed by atoms with Crippen molar-refractivity contribution in [1.29, 1.82) is 0 Å². The van der Waals surface area contributed by atoms with Crippen molar-refractivity contribution in [3.63, 3.8) is 0 Å². The van der Waals surface area contributed by atoms with Gasteiger partial charge in [0.25, 0.3) is 0 Å². The summed E-state index contributed by atoms with van der Waals surface area (Å²) in [7, 11) is 0. The van der Waals surface area contributed by atoms with Gasteiger partial charge in [-0.2, -0.15) is 0 Å². The fourth-order valence-corrected chi connectivity index (χ4v) is 4.90. The molecule has 0 amide bonds. The van der Waals surface area contributed by atoms with Crippen LogP contribution in [0.5, 0.6) is 0 Å². The quantitative estimate of drug-likeness (QED) is 0.247. The van der Waals surface area contributed by atoms with Gasteiger partial charge >= 0.3 is 0 Å². The Morgan fingerprint density at radius 1 is 0.343 bits per heavy atom. The van der Waals surface area contributed by atoms with Gasteiger partial charge in [0.2, 0.25) is 0 Å². The highest BCUT2D eigenvalue weighted by Crippen LogP contribution is 2.31. The second-order valence-corrected chi connectivity index (χ2v) is 9.05. The molecule has 0 saturated carbocycles. The molecular formula is C35H26. The van der Waals surface area contributed by atoms with E-state index in [1.165, 1.54) is 55.3 Å². The molecule has 0 bridgehead atoms. The van der Waals surface area contributed by atoms with E-state index >= 15 is 0 Å². The molecule has 35 heavy (non-hydrogen) atoms. The lowest BCUT2D eigenvalue weighted by Gasteiger charge is -2.12. The van der Waals surface area contributed by atoms with Crippen LogP contribution < -0.4 is 0 Å². The van der Waals surface area contributed by atoms with Gasteiger partial charge in [0.1, 0.15) is 0 Å². The summed E-state index contributed by atoms with van der Waals surface area (Å²) in [5, 5.41) is 2.58. The molecule has 0 aromatic heterocycles. The van der Waals surface area contributed by atoms with Crippen LogP contribution in [-0.2, 0) is 6.42 Å². The Balaban J connectivity index is 1.35. The second kappa shape index (κ2) is 9.44. The van der Waals surface area contributed by atoms with Gasteiger partial charge in [-0.25, -0.2) is 0 Å². The molecule has 0 saturated heterocycles. The summed E-state index contributed by atoms with van der Waals surface area (Å²) in [6.07, 6.45) is 0.899. The molecule has 6 rings (SSSR count). The molecule has 0 aliphatic carbocycles. The molecule has 0 nitrogen and oxygen atoms in total. The Kier molecular flexibility index (Phi) is 5.70. The first-order valence-electron chi connectivity index (χ1n) is 12.2. The zero-order valence-electron chi connectivity index (χ0n) is 19.6. The third-order valence-corrected chi connectivity index (χ3v) is 6.67. The van der Waals surface area contributed by atoms with E-state index in [0.29, 0.717) is 0 Å². The van der Waals surface area contributed by atoms with Crippen molar-refractivity contribution in [3.8, 4) is 33.4 Å². The minimum absolute atomic E-state index is 0.899. The number of rotatable bonds is 5. The smallest absolute Gasteiger partial charge is 0.00253 e. The molecule has 0 unspecified atom stereocenters. The number of fused-ring (bicyclic) bond motifs is 1. The Hall–Kier alpha value is -4.42. The topological polar surface area (TPSA) is 0 Å². The first-order valence-corrected chi connectivity index (χ1v) is 12.2. The summed E-state index contributed by atoms with van der Waals surface area (Å²) in [6, 6.07) is 52.5. The predicted molar refractivity (Wildman–Crippen MR) is 150 cm³/mol. The molecule has 0 spiro atoms. The van der Waals surface area contributed by atoms with Crippen molar-refractivity contribution in [3.05, 3.63) is 157 Å². The zero-order chi connectivity index (χ0) is 23.5. The molecule has 0 heterocycles. The minimum Gasteiger partial charge on any atom is -0.0622 e. The van der Waals surface area contributed by atoms with Gasteiger partial charge in [0.15, 0.2) is 0 Å². The van der Waals surface area contributed by atoms with Crippen molar-refractivity contribution in [1.82, 2.24) is 0 Å². The largest absolute Gasteiger partial charge is 0.0622 e. The first-order chi connectivity index (χ1) is 17.3. The van der Waals surface area contributed by atoms with Crippen molar-refractivity contribution >= 4 is 10.8 Å². The van der Waals surface area contributed by atoms with Crippen LogP contribution >= 0.6 is 0 Å². The summed E-state index contributed by atoms with van der Waals surface area (Å²) in [6.45, 7) is 0. The van der Waals surface area contributed by atoms with Gasteiger partial charge in [0.05, 0.1) is 0 Å². The van der Waals surface area contributed by atoms with E-state index in [1.54, 1.807) is 0 Å². The normalized spacial score (nSPS) is 11.0. The lowest BCUT2D eigenvalue weighted by Crippen LogP contribution is -1.92. The van der Waals surface area contributed by atoms with Crippen molar-refractivity contribution in [2.24, 2.45) is 0 Å². The SMILES string of the molecule is c1ccc(-c2cc(Cc3ccc(-c4cccc5ccccc45)cc3)cc(-c3ccccc3)c2)cc1. The van der Waals surface area contributed by atoms with Crippen LogP contribution in [-0.4, -0.2) is 0 Å². The second-order valence-electron chi connectivity index (χ2n) is 9.05. The van der Waals surface area contributed by atoms with Crippen LogP contribution in [0.4, 0.5) is 0 Å². The summed E-state index contributed by atoms with van der Waals surface area (Å²) in [5.74, 6) is 0. The van der Waals surface area contributed by atoms with E-state index in [0.717, 1.165) is 6.42 Å². The fourth-order valence-electron chi connectivity index (χ4n) is 4.90. The Bertz CT molecular complexity index is 1510. The highest BCUT2D eigenvalue weighted by atomic mass is 14.1. The molecular weight excluding hydrogens is 420 g/mol. The molecule has 0 radical (unpaired) electrons. The third kappa shape index (κ3) is 4.52. The highest BCUT2D eigenvalue weighted by Gasteiger charge is 2.08. The van der Waals surface area contributed by atoms with Crippen LogP contribution in [0.25, 0.3) is 44.2 Å². The van der Waals surface area contributed by atoms with Crippen molar-refractivity contribution < 1.29 is 0 Å². The Labute approximate surface area is 207 Å². The van der Waals surface area contributed by atoms with Gasteiger partial charge in [-0.3, -0.25) is 0 Å². The average Bonchev–Trinajstić information content (AvgIpc) is 2.94. The van der Waals surface area contributed by atoms with Crippen LogP contribution in [0, 0.1) is 0 Å². The van der Waals surface area contributed by atoms with Gasteiger partial charge < -0.3 is 0 Å². The van der Waals surface area contributed by atoms with Crippen molar-refractivity contribution in [2.45, 2.75) is 6.42 Å². The lowest BCUT2D eigenvalue weighted by molar-refractivity contribution is 1.19. The molecule has 0 aliphatic heterocycles. The van der Waals surface area contributed by atoms with Gasteiger partial charge in [-0.05, 0) is 67.8 Å². The molecule has 6 aromatic rings. The van der Waals surface area contributed by atoms with E-state index in [-0.39, 0.29) is 0 Å². The summed E-state index contributed by atoms with van der Waals surface area (Å²) in [4.78, 5) is 0. The molecule has 0 aliphatic rings. The van der Waals surface area contributed by atoms with E-state index in [4.69, 9.17) is 0 Å². The monoisotopic (exact) mass is 446 g/mol. The third-order valence-electron chi connectivity index (χ3n) is 6.67. The summed E-state index contributed by atoms with van der Waals surface area (Å²) in [5.41, 5.74) is 10.2. The number of benzene rings is 6. The maximum Gasteiger partial charge on any atom is -0.00253 e. The molecule has 0 fully saturated rings. The van der Waals surface area contributed by atoms with Gasteiger partial charge in [-0.15, -0.1) is 0 Å². The maximum atomic E-state index is 2.33. The molecule has 0 N–H and O–H groups in total. The minimum atomic E-state index is 0.899. The molecule has 0 atom stereocenters. The van der Waals surface area contributed by atoms with Crippen LogP contribution in [0.2, 0.25) is 0 Å². The summed E-state index contributed by atoms with van der Waals surface area (Å²) >= 11 is 0. The first kappa shape index (κ1) is 21.1. The van der Waals surface area contributed by atoms with Gasteiger partial charge in [-0.1, -0.05) is 140 Å². The van der Waals surface area contributed by atoms with Gasteiger partial charge in [0, 0.05) is 0 Å². The fraction of sp³-hybridized carbons (Fsp3) is 0.0286. The van der Waals surface area contributed by atoms with E-state index in [1.807, 2.05) is 0 Å². The Morgan fingerprint density at radius 3 is 1.57 bits per heavy atom. The van der Waals surface area contributed by atoms with E-state index in [2.05, 4.69) is 146 Å². The van der Waals surface area contributed by atoms with E-state index in [9.17, 15) is 0 Å². The van der Waals surface area contributed by atoms with E-state index < -0.39 is 0 Å². The lowest BCUT2D eigenvalue weighted by atomic mass is 9.93. The predicted octanol–water partition coefficient (Wildman–Crippen LogP) is 9.43.